The number of benzene rings is 1. The van der Waals surface area contributed by atoms with Gasteiger partial charge in [-0.05, 0) is 64.7 Å². The van der Waals surface area contributed by atoms with Gasteiger partial charge in [-0.15, -0.1) is 0 Å². The Morgan fingerprint density at radius 1 is 1.20 bits per heavy atom. The van der Waals surface area contributed by atoms with Crippen molar-refractivity contribution in [2.24, 2.45) is 0 Å². The predicted molar refractivity (Wildman–Crippen MR) is 97.8 cm³/mol. The van der Waals surface area contributed by atoms with E-state index >= 15 is 0 Å². The third-order valence-electron chi connectivity index (χ3n) is 4.31. The van der Waals surface area contributed by atoms with Gasteiger partial charge in [-0.3, -0.25) is 0 Å². The number of oxazole rings is 1. The summed E-state index contributed by atoms with van der Waals surface area (Å²) in [5.74, 6) is 0.681. The quantitative estimate of drug-likeness (QED) is 0.863. The molecule has 2 aromatic rings. The first-order valence-corrected chi connectivity index (χ1v) is 8.92. The molecule has 0 saturated heterocycles. The number of carbonyl (C=O) groups is 1. The highest BCUT2D eigenvalue weighted by Gasteiger charge is 2.24. The van der Waals surface area contributed by atoms with E-state index in [-0.39, 0.29) is 12.1 Å². The molecule has 6 heteroatoms. The van der Waals surface area contributed by atoms with Crippen LogP contribution in [0, 0.1) is 6.92 Å². The van der Waals surface area contributed by atoms with Crippen LogP contribution in [0.3, 0.4) is 0 Å². The molecule has 136 valence electrons. The molecule has 2 N–H and O–H groups in total. The van der Waals surface area contributed by atoms with E-state index in [1.165, 1.54) is 0 Å². The number of alkyl carbamates (subject to hydrolysis) is 1. The molecule has 1 heterocycles. The van der Waals surface area contributed by atoms with Gasteiger partial charge in [0.25, 0.3) is 0 Å². The number of hydrogen-bond acceptors (Lipinski definition) is 5. The molecule has 0 aliphatic heterocycles. The smallest absolute Gasteiger partial charge is 0.407 e. The fourth-order valence-electron chi connectivity index (χ4n) is 3.22. The van der Waals surface area contributed by atoms with Crippen molar-refractivity contribution in [2.75, 3.05) is 5.32 Å². The summed E-state index contributed by atoms with van der Waals surface area (Å²) >= 11 is 0. The van der Waals surface area contributed by atoms with Crippen LogP contribution in [0.1, 0.15) is 52.3 Å². The maximum absolute atomic E-state index is 11.9. The summed E-state index contributed by atoms with van der Waals surface area (Å²) in [5, 5.41) is 6.54. The van der Waals surface area contributed by atoms with Crippen LogP contribution in [0.15, 0.2) is 22.6 Å². The van der Waals surface area contributed by atoms with Gasteiger partial charge < -0.3 is 19.8 Å². The summed E-state index contributed by atoms with van der Waals surface area (Å²) in [5.41, 5.74) is 2.29. The van der Waals surface area contributed by atoms with Crippen molar-refractivity contribution in [2.45, 2.75) is 71.1 Å². The Hall–Kier alpha value is -2.24. The fraction of sp³-hybridized carbons (Fsp3) is 0.579. The fourth-order valence-corrected chi connectivity index (χ4v) is 3.22. The summed E-state index contributed by atoms with van der Waals surface area (Å²) in [4.78, 5) is 16.2. The van der Waals surface area contributed by atoms with Gasteiger partial charge in [0.2, 0.25) is 0 Å². The number of fused-ring (bicyclic) bond motifs is 1. The number of nitrogens with one attached hydrogen (secondary N) is 2. The van der Waals surface area contributed by atoms with Crippen molar-refractivity contribution < 1.29 is 13.9 Å². The van der Waals surface area contributed by atoms with E-state index in [1.54, 1.807) is 0 Å². The van der Waals surface area contributed by atoms with Gasteiger partial charge in [-0.1, -0.05) is 0 Å². The lowest BCUT2D eigenvalue weighted by molar-refractivity contribution is 0.0492. The Morgan fingerprint density at radius 2 is 1.88 bits per heavy atom. The van der Waals surface area contributed by atoms with Crippen molar-refractivity contribution in [3.63, 3.8) is 0 Å². The maximum Gasteiger partial charge on any atom is 0.407 e. The summed E-state index contributed by atoms with van der Waals surface area (Å²) in [6.45, 7) is 7.48. The molecular formula is C19H27N3O3. The number of carbonyl (C=O) groups excluding carboxylic acids is 1. The first-order valence-electron chi connectivity index (χ1n) is 8.92. The van der Waals surface area contributed by atoms with Gasteiger partial charge in [0.1, 0.15) is 11.1 Å². The zero-order chi connectivity index (χ0) is 18.0. The lowest BCUT2D eigenvalue weighted by Crippen LogP contribution is -2.42. The zero-order valence-electron chi connectivity index (χ0n) is 15.4. The van der Waals surface area contributed by atoms with Gasteiger partial charge in [0.05, 0.1) is 0 Å². The first kappa shape index (κ1) is 17.6. The number of hydrogen-bond donors (Lipinski definition) is 2. The van der Waals surface area contributed by atoms with Crippen LogP contribution in [0.2, 0.25) is 0 Å². The third kappa shape index (κ3) is 4.87. The van der Waals surface area contributed by atoms with Gasteiger partial charge in [0.15, 0.2) is 11.5 Å². The van der Waals surface area contributed by atoms with E-state index in [2.05, 4.69) is 15.6 Å². The van der Waals surface area contributed by atoms with Crippen molar-refractivity contribution in [3.05, 3.63) is 24.1 Å². The van der Waals surface area contributed by atoms with Crippen LogP contribution in [-0.2, 0) is 4.74 Å². The largest absolute Gasteiger partial charge is 0.444 e. The molecule has 1 fully saturated rings. The molecule has 1 amide bonds. The summed E-state index contributed by atoms with van der Waals surface area (Å²) in [6.07, 6.45) is 3.59. The van der Waals surface area contributed by atoms with E-state index in [4.69, 9.17) is 9.15 Å². The molecular weight excluding hydrogens is 318 g/mol. The van der Waals surface area contributed by atoms with Crippen LogP contribution < -0.4 is 10.6 Å². The highest BCUT2D eigenvalue weighted by Crippen LogP contribution is 2.25. The SMILES string of the molecule is Cc1nc2cc(NC3CCC(NC(=O)OC(C)(C)C)CC3)ccc2o1. The average Bonchev–Trinajstić information content (AvgIpc) is 2.86. The zero-order valence-corrected chi connectivity index (χ0v) is 15.4. The number of anilines is 1. The molecule has 1 aliphatic carbocycles. The lowest BCUT2D eigenvalue weighted by Gasteiger charge is -2.31. The normalized spacial score (nSPS) is 21.1. The number of aryl methyl sites for hydroxylation is 1. The Bertz CT molecular complexity index is 740. The molecule has 1 saturated carbocycles. The van der Waals surface area contributed by atoms with Crippen molar-refractivity contribution >= 4 is 22.9 Å². The third-order valence-corrected chi connectivity index (χ3v) is 4.31. The lowest BCUT2D eigenvalue weighted by atomic mass is 9.91. The molecule has 0 radical (unpaired) electrons. The molecule has 1 aromatic heterocycles. The molecule has 25 heavy (non-hydrogen) atoms. The second-order valence-electron chi connectivity index (χ2n) is 7.75. The topological polar surface area (TPSA) is 76.4 Å². The summed E-state index contributed by atoms with van der Waals surface area (Å²) in [6, 6.07) is 6.60. The van der Waals surface area contributed by atoms with Gasteiger partial charge in [-0.2, -0.15) is 0 Å². The highest BCUT2D eigenvalue weighted by molar-refractivity contribution is 5.77. The Morgan fingerprint density at radius 3 is 2.56 bits per heavy atom. The number of nitrogens with zero attached hydrogens (tertiary/aromatic N) is 1. The van der Waals surface area contributed by atoms with Crippen LogP contribution in [0.25, 0.3) is 11.1 Å². The monoisotopic (exact) mass is 345 g/mol. The minimum absolute atomic E-state index is 0.188. The number of ether oxygens (including phenoxy) is 1. The van der Waals surface area contributed by atoms with E-state index in [0.29, 0.717) is 11.9 Å². The van der Waals surface area contributed by atoms with E-state index < -0.39 is 5.60 Å². The van der Waals surface area contributed by atoms with Crippen LogP contribution in [-0.4, -0.2) is 28.8 Å². The minimum Gasteiger partial charge on any atom is -0.444 e. The number of amides is 1. The second-order valence-corrected chi connectivity index (χ2v) is 7.75. The molecule has 1 aliphatic rings. The van der Waals surface area contributed by atoms with Gasteiger partial charge in [0, 0.05) is 24.7 Å². The Balaban J connectivity index is 1.49. The van der Waals surface area contributed by atoms with Crippen molar-refractivity contribution in [1.82, 2.24) is 10.3 Å². The Kier molecular flexibility index (Phi) is 4.88. The molecule has 0 unspecified atom stereocenters. The van der Waals surface area contributed by atoms with Crippen molar-refractivity contribution in [3.8, 4) is 0 Å². The van der Waals surface area contributed by atoms with Crippen LogP contribution in [0.4, 0.5) is 10.5 Å². The molecule has 0 spiro atoms. The summed E-state index contributed by atoms with van der Waals surface area (Å²) in [7, 11) is 0. The summed E-state index contributed by atoms with van der Waals surface area (Å²) < 4.78 is 10.8. The molecule has 0 atom stereocenters. The highest BCUT2D eigenvalue weighted by atomic mass is 16.6. The maximum atomic E-state index is 11.9. The average molecular weight is 345 g/mol. The molecule has 0 bridgehead atoms. The standard InChI is InChI=1S/C19H27N3O3/c1-12-20-16-11-15(9-10-17(16)24-12)21-13-5-7-14(8-6-13)22-18(23)25-19(2,3)4/h9-11,13-14,21H,5-8H2,1-4H3,(H,22,23). The van der Waals surface area contributed by atoms with E-state index in [1.807, 2.05) is 45.9 Å². The van der Waals surface area contributed by atoms with Crippen LogP contribution in [0.5, 0.6) is 0 Å². The molecule has 3 rings (SSSR count). The van der Waals surface area contributed by atoms with Crippen LogP contribution >= 0.6 is 0 Å². The van der Waals surface area contributed by atoms with Gasteiger partial charge >= 0.3 is 6.09 Å². The molecule has 1 aromatic carbocycles. The first-order chi connectivity index (χ1) is 11.8. The predicted octanol–water partition coefficient (Wildman–Crippen LogP) is 4.38. The van der Waals surface area contributed by atoms with Gasteiger partial charge in [-0.25, -0.2) is 9.78 Å². The second kappa shape index (κ2) is 6.94. The minimum atomic E-state index is -0.457. The molecule has 6 nitrogen and oxygen atoms in total. The number of rotatable bonds is 3. The van der Waals surface area contributed by atoms with E-state index in [9.17, 15) is 4.79 Å². The van der Waals surface area contributed by atoms with Crippen molar-refractivity contribution in [1.29, 1.82) is 0 Å². The number of aromatic nitrogens is 1. The Labute approximate surface area is 148 Å². The van der Waals surface area contributed by atoms with E-state index in [0.717, 1.165) is 42.5 Å².